The molecule has 0 atom stereocenters. The molecule has 1 aromatic heterocycles. The van der Waals surface area contributed by atoms with E-state index in [0.29, 0.717) is 34.2 Å². The van der Waals surface area contributed by atoms with Crippen molar-refractivity contribution in [2.45, 2.75) is 13.1 Å². The number of anilines is 1. The molecule has 4 aromatic carbocycles. The molecule has 0 aliphatic heterocycles. The van der Waals surface area contributed by atoms with E-state index in [9.17, 15) is 4.79 Å². The minimum atomic E-state index is -0.290. The van der Waals surface area contributed by atoms with Gasteiger partial charge in [-0.25, -0.2) is 4.98 Å². The van der Waals surface area contributed by atoms with Crippen LogP contribution in [0.4, 0.5) is 5.69 Å². The topological polar surface area (TPSA) is 59.2 Å². The summed E-state index contributed by atoms with van der Waals surface area (Å²) in [6.45, 7) is 1.14. The van der Waals surface area contributed by atoms with E-state index >= 15 is 0 Å². The lowest BCUT2D eigenvalue weighted by atomic mass is 10.00. The summed E-state index contributed by atoms with van der Waals surface area (Å²) in [6, 6.07) is 31.5. The van der Waals surface area contributed by atoms with Gasteiger partial charge in [-0.15, -0.1) is 0 Å². The van der Waals surface area contributed by atoms with E-state index in [2.05, 4.69) is 16.0 Å². The maximum absolute atomic E-state index is 13.2. The Labute approximate surface area is 230 Å². The fourth-order valence-corrected chi connectivity index (χ4v) is 5.59. The summed E-state index contributed by atoms with van der Waals surface area (Å²) in [5.41, 5.74) is 13.8. The number of nitrogens with two attached hydrogens (primary N) is 1. The van der Waals surface area contributed by atoms with Crippen molar-refractivity contribution in [3.63, 3.8) is 0 Å². The molecule has 1 aliphatic rings. The highest BCUT2D eigenvalue weighted by Gasteiger charge is 2.26. The Hall–Kier alpha value is -4.12. The number of halogens is 2. The molecule has 6 heteroatoms. The van der Waals surface area contributed by atoms with Gasteiger partial charge in [0, 0.05) is 57.2 Å². The van der Waals surface area contributed by atoms with Crippen LogP contribution in [0.15, 0.2) is 108 Å². The third kappa shape index (κ3) is 4.53. The second-order valence-corrected chi connectivity index (χ2v) is 10.2. The molecule has 5 aromatic rings. The summed E-state index contributed by atoms with van der Waals surface area (Å²) in [4.78, 5) is 19.6. The largest absolute Gasteiger partial charge is 0.398 e. The van der Waals surface area contributed by atoms with Crippen LogP contribution in [-0.4, -0.2) is 4.98 Å². The Bertz CT molecular complexity index is 1740. The van der Waals surface area contributed by atoms with Crippen molar-refractivity contribution < 1.29 is 0 Å². The first-order valence-corrected chi connectivity index (χ1v) is 13.0. The first kappa shape index (κ1) is 24.2. The zero-order valence-electron chi connectivity index (χ0n) is 20.4. The van der Waals surface area contributed by atoms with Crippen LogP contribution in [0.25, 0.3) is 22.0 Å². The predicted molar refractivity (Wildman–Crippen MR) is 157 cm³/mol. The monoisotopic (exact) mass is 535 g/mol. The van der Waals surface area contributed by atoms with E-state index in [1.807, 2.05) is 91.0 Å². The molecule has 2 N–H and O–H groups in total. The molecule has 38 heavy (non-hydrogen) atoms. The second kappa shape index (κ2) is 9.97. The number of hydrogen-bond acceptors (Lipinski definition) is 4. The fraction of sp³-hybridized carbons (Fsp3) is 0.0625. The molecule has 0 spiro atoms. The van der Waals surface area contributed by atoms with E-state index in [4.69, 9.17) is 28.9 Å². The Kier molecular flexibility index (Phi) is 6.36. The average Bonchev–Trinajstić information content (AvgIpc) is 3.08. The van der Waals surface area contributed by atoms with Gasteiger partial charge in [0.05, 0.1) is 5.39 Å². The number of benzene rings is 4. The maximum Gasteiger partial charge on any atom is 0.277 e. The molecule has 1 heterocycles. The molecule has 0 saturated carbocycles. The fourth-order valence-electron chi connectivity index (χ4n) is 5.17. The van der Waals surface area contributed by atoms with Gasteiger partial charge in [0.1, 0.15) is 0 Å². The van der Waals surface area contributed by atoms with E-state index in [1.165, 1.54) is 0 Å². The summed E-state index contributed by atoms with van der Waals surface area (Å²) >= 11 is 12.6. The molecule has 0 radical (unpaired) electrons. The molecule has 186 valence electrons. The molecule has 0 amide bonds. The molecule has 0 bridgehead atoms. The summed E-state index contributed by atoms with van der Waals surface area (Å²) in [5.74, 6) is 0. The van der Waals surface area contributed by atoms with E-state index < -0.39 is 0 Å². The van der Waals surface area contributed by atoms with Crippen LogP contribution in [0.1, 0.15) is 27.8 Å². The quantitative estimate of drug-likeness (QED) is 0.248. The van der Waals surface area contributed by atoms with Crippen LogP contribution in [0.2, 0.25) is 10.0 Å². The minimum absolute atomic E-state index is 0.290. The highest BCUT2D eigenvalue weighted by atomic mass is 35.5. The maximum atomic E-state index is 13.2. The van der Waals surface area contributed by atoms with E-state index in [1.54, 1.807) is 6.20 Å². The van der Waals surface area contributed by atoms with E-state index in [-0.39, 0.29) is 5.56 Å². The lowest BCUT2D eigenvalue weighted by Crippen LogP contribution is -2.22. The Morgan fingerprint density at radius 3 is 2.03 bits per heavy atom. The van der Waals surface area contributed by atoms with Gasteiger partial charge in [-0.2, -0.15) is 0 Å². The van der Waals surface area contributed by atoms with Crippen molar-refractivity contribution in [3.8, 4) is 0 Å². The zero-order valence-corrected chi connectivity index (χ0v) is 21.9. The Morgan fingerprint density at radius 2 is 1.39 bits per heavy atom. The summed E-state index contributed by atoms with van der Waals surface area (Å²) in [5, 5.41) is 2.71. The molecule has 0 saturated heterocycles. The van der Waals surface area contributed by atoms with Crippen molar-refractivity contribution in [1.82, 2.24) is 4.98 Å². The van der Waals surface area contributed by atoms with Crippen LogP contribution in [0.3, 0.4) is 0 Å². The lowest BCUT2D eigenvalue weighted by molar-refractivity contribution is 0.800. The third-order valence-corrected chi connectivity index (χ3v) is 7.31. The van der Waals surface area contributed by atoms with Gasteiger partial charge in [-0.1, -0.05) is 77.8 Å². The van der Waals surface area contributed by atoms with Crippen LogP contribution >= 0.6 is 23.2 Å². The number of aromatic nitrogens is 1. The molecule has 4 nitrogen and oxygen atoms in total. The van der Waals surface area contributed by atoms with Gasteiger partial charge in [0.15, 0.2) is 0 Å². The standard InChI is InChI=1S/C32H23Cl2N3O/c33-23-10-4-6-20(14-23)18-37(19-21-7-5-11-24(34)15-21)25-16-27-30-26(12-13-36-32(38)28(30)17-25)29(31(27)35)22-8-2-1-3-9-22/h1-17H,18-19,35H2. The van der Waals surface area contributed by atoms with Crippen LogP contribution in [-0.2, 0) is 13.1 Å². The van der Waals surface area contributed by atoms with Gasteiger partial charge in [0.25, 0.3) is 5.56 Å². The second-order valence-electron chi connectivity index (χ2n) is 9.35. The zero-order chi connectivity index (χ0) is 26.2. The number of hydrogen-bond donors (Lipinski definition) is 1. The van der Waals surface area contributed by atoms with Gasteiger partial charge in [-0.05, 0) is 64.7 Å². The van der Waals surface area contributed by atoms with Crippen LogP contribution in [0.5, 0.6) is 0 Å². The Balaban J connectivity index is 1.55. The van der Waals surface area contributed by atoms with E-state index in [0.717, 1.165) is 44.5 Å². The first-order chi connectivity index (χ1) is 18.5. The van der Waals surface area contributed by atoms with Gasteiger partial charge >= 0.3 is 0 Å². The molecule has 6 rings (SSSR count). The minimum Gasteiger partial charge on any atom is -0.398 e. The first-order valence-electron chi connectivity index (χ1n) is 12.2. The normalized spacial score (nSPS) is 12.3. The summed E-state index contributed by atoms with van der Waals surface area (Å²) < 4.78 is 0. The predicted octanol–water partition coefficient (Wildman–Crippen LogP) is 7.30. The van der Waals surface area contributed by atoms with Crippen molar-refractivity contribution in [3.05, 3.63) is 151 Å². The molecule has 0 fully saturated rings. The van der Waals surface area contributed by atoms with Crippen molar-refractivity contribution in [2.75, 3.05) is 4.90 Å². The summed E-state index contributed by atoms with van der Waals surface area (Å²) in [7, 11) is 0. The van der Waals surface area contributed by atoms with Gasteiger partial charge in [0.2, 0.25) is 0 Å². The average molecular weight is 536 g/mol. The molecular formula is C32H23Cl2N3O. The molecule has 1 aliphatic carbocycles. The Morgan fingerprint density at radius 1 is 0.737 bits per heavy atom. The van der Waals surface area contributed by atoms with Crippen LogP contribution in [0, 0.1) is 0 Å². The highest BCUT2D eigenvalue weighted by Crippen LogP contribution is 2.43. The highest BCUT2D eigenvalue weighted by molar-refractivity contribution is 6.31. The van der Waals surface area contributed by atoms with Crippen LogP contribution < -0.4 is 16.2 Å². The lowest BCUT2D eigenvalue weighted by Gasteiger charge is -2.26. The number of nitrogens with zero attached hydrogens (tertiary/aromatic N) is 2. The molecule has 0 unspecified atom stereocenters. The van der Waals surface area contributed by atoms with Crippen molar-refractivity contribution >= 4 is 50.9 Å². The SMILES string of the molecule is NC1=C(c2ccccc2)c2ccnc(=O)c3cc(N(Cc4cccc(Cl)c4)Cc4cccc(Cl)c4)cc1c23. The molecular weight excluding hydrogens is 513 g/mol. The van der Waals surface area contributed by atoms with Crippen molar-refractivity contribution in [2.24, 2.45) is 5.73 Å². The summed E-state index contributed by atoms with van der Waals surface area (Å²) in [6.07, 6.45) is 1.57. The van der Waals surface area contributed by atoms with Gasteiger partial charge in [-0.3, -0.25) is 4.79 Å². The number of rotatable bonds is 6. The third-order valence-electron chi connectivity index (χ3n) is 6.84. The van der Waals surface area contributed by atoms with Crippen molar-refractivity contribution in [1.29, 1.82) is 0 Å². The van der Waals surface area contributed by atoms with Gasteiger partial charge < -0.3 is 10.6 Å². The smallest absolute Gasteiger partial charge is 0.277 e.